The fraction of sp³-hybridized carbons (Fsp3) is 0.188. The molecule has 0 aromatic heterocycles. The summed E-state index contributed by atoms with van der Waals surface area (Å²) in [4.78, 5) is 0. The average Bonchev–Trinajstić information content (AvgIpc) is 2.39. The molecule has 0 aliphatic carbocycles. The molecule has 0 heterocycles. The van der Waals surface area contributed by atoms with Crippen molar-refractivity contribution >= 4 is 11.4 Å². The predicted molar refractivity (Wildman–Crippen MR) is 75.0 cm³/mol. The second-order valence-electron chi connectivity index (χ2n) is 4.32. The summed E-state index contributed by atoms with van der Waals surface area (Å²) < 4.78 is 0. The highest BCUT2D eigenvalue weighted by atomic mass is 14.9. The zero-order valence-electron chi connectivity index (χ0n) is 10.7. The molecule has 2 heteroatoms. The molecule has 0 amide bonds. The highest BCUT2D eigenvalue weighted by molar-refractivity contribution is 5.62. The van der Waals surface area contributed by atoms with Crippen molar-refractivity contribution in [1.29, 1.82) is 5.26 Å². The van der Waals surface area contributed by atoms with Crippen molar-refractivity contribution in [3.05, 3.63) is 59.2 Å². The molecule has 2 nitrogen and oxygen atoms in total. The standard InChI is InChI=1S/C16H16N2/c1-3-13-5-4-6-15(10-13)18-16-8-7-14(11-17)12(2)9-16/h4-10,18H,3H2,1-2H3. The average molecular weight is 236 g/mol. The molecule has 90 valence electrons. The van der Waals surface area contributed by atoms with Crippen LogP contribution in [0.4, 0.5) is 11.4 Å². The summed E-state index contributed by atoms with van der Waals surface area (Å²) >= 11 is 0. The summed E-state index contributed by atoms with van der Waals surface area (Å²) in [5, 5.41) is 12.3. The number of rotatable bonds is 3. The number of nitriles is 1. The van der Waals surface area contributed by atoms with Gasteiger partial charge in [0.1, 0.15) is 0 Å². The van der Waals surface area contributed by atoms with Crippen molar-refractivity contribution in [3.63, 3.8) is 0 Å². The van der Waals surface area contributed by atoms with Crippen LogP contribution in [-0.4, -0.2) is 0 Å². The number of nitrogens with zero attached hydrogens (tertiary/aromatic N) is 1. The van der Waals surface area contributed by atoms with E-state index in [1.54, 1.807) is 0 Å². The molecule has 0 spiro atoms. The van der Waals surface area contributed by atoms with Gasteiger partial charge in [-0.3, -0.25) is 0 Å². The quantitative estimate of drug-likeness (QED) is 0.868. The molecular weight excluding hydrogens is 220 g/mol. The van der Waals surface area contributed by atoms with Gasteiger partial charge >= 0.3 is 0 Å². The fourth-order valence-electron chi connectivity index (χ4n) is 1.90. The highest BCUT2D eigenvalue weighted by Gasteiger charge is 2.00. The molecule has 0 saturated heterocycles. The van der Waals surface area contributed by atoms with Gasteiger partial charge in [0.2, 0.25) is 0 Å². The van der Waals surface area contributed by atoms with Gasteiger partial charge in [0, 0.05) is 11.4 Å². The molecular formula is C16H16N2. The molecule has 0 saturated carbocycles. The molecule has 2 rings (SSSR count). The molecule has 0 radical (unpaired) electrons. The monoisotopic (exact) mass is 236 g/mol. The van der Waals surface area contributed by atoms with Gasteiger partial charge in [0.05, 0.1) is 11.6 Å². The van der Waals surface area contributed by atoms with Crippen molar-refractivity contribution in [2.24, 2.45) is 0 Å². The van der Waals surface area contributed by atoms with Crippen LogP contribution in [0, 0.1) is 18.3 Å². The Balaban J connectivity index is 2.23. The van der Waals surface area contributed by atoms with Crippen molar-refractivity contribution in [1.82, 2.24) is 0 Å². The number of aryl methyl sites for hydroxylation is 2. The van der Waals surface area contributed by atoms with E-state index >= 15 is 0 Å². The maximum Gasteiger partial charge on any atom is 0.0994 e. The van der Waals surface area contributed by atoms with E-state index < -0.39 is 0 Å². The number of benzene rings is 2. The lowest BCUT2D eigenvalue weighted by Crippen LogP contribution is -1.93. The Bertz CT molecular complexity index is 594. The van der Waals surface area contributed by atoms with E-state index in [2.05, 4.69) is 36.5 Å². The van der Waals surface area contributed by atoms with Crippen molar-refractivity contribution in [3.8, 4) is 6.07 Å². The van der Waals surface area contributed by atoms with Crippen LogP contribution in [-0.2, 0) is 6.42 Å². The molecule has 0 fully saturated rings. The molecule has 0 aliphatic heterocycles. The van der Waals surface area contributed by atoms with Gasteiger partial charge in [-0.05, 0) is 54.8 Å². The highest BCUT2D eigenvalue weighted by Crippen LogP contribution is 2.20. The molecule has 0 bridgehead atoms. The first-order valence-electron chi connectivity index (χ1n) is 6.09. The first kappa shape index (κ1) is 12.2. The Morgan fingerprint density at radius 1 is 1.11 bits per heavy atom. The SMILES string of the molecule is CCc1cccc(Nc2ccc(C#N)c(C)c2)c1. The van der Waals surface area contributed by atoms with Gasteiger partial charge in [-0.15, -0.1) is 0 Å². The van der Waals surface area contributed by atoms with E-state index in [0.29, 0.717) is 0 Å². The maximum absolute atomic E-state index is 8.90. The zero-order chi connectivity index (χ0) is 13.0. The van der Waals surface area contributed by atoms with Gasteiger partial charge in [-0.1, -0.05) is 19.1 Å². The first-order chi connectivity index (χ1) is 8.72. The van der Waals surface area contributed by atoms with E-state index in [9.17, 15) is 0 Å². The van der Waals surface area contributed by atoms with Crippen molar-refractivity contribution in [2.45, 2.75) is 20.3 Å². The predicted octanol–water partition coefficient (Wildman–Crippen LogP) is 4.17. The normalized spacial score (nSPS) is 9.83. The number of hydrogen-bond acceptors (Lipinski definition) is 2. The zero-order valence-corrected chi connectivity index (χ0v) is 10.7. The minimum atomic E-state index is 0.725. The number of hydrogen-bond donors (Lipinski definition) is 1. The molecule has 0 atom stereocenters. The van der Waals surface area contributed by atoms with Crippen LogP contribution in [0.3, 0.4) is 0 Å². The summed E-state index contributed by atoms with van der Waals surface area (Å²) in [6.07, 6.45) is 1.03. The smallest absolute Gasteiger partial charge is 0.0994 e. The van der Waals surface area contributed by atoms with E-state index in [1.807, 2.05) is 31.2 Å². The van der Waals surface area contributed by atoms with Crippen LogP contribution in [0.2, 0.25) is 0 Å². The van der Waals surface area contributed by atoms with Crippen LogP contribution in [0.15, 0.2) is 42.5 Å². The largest absolute Gasteiger partial charge is 0.356 e. The fourth-order valence-corrected chi connectivity index (χ4v) is 1.90. The summed E-state index contributed by atoms with van der Waals surface area (Å²) in [7, 11) is 0. The number of anilines is 2. The summed E-state index contributed by atoms with van der Waals surface area (Å²) in [6, 6.07) is 16.3. The Morgan fingerprint density at radius 3 is 2.56 bits per heavy atom. The lowest BCUT2D eigenvalue weighted by atomic mass is 10.1. The molecule has 18 heavy (non-hydrogen) atoms. The van der Waals surface area contributed by atoms with Gasteiger partial charge in [0.15, 0.2) is 0 Å². The minimum absolute atomic E-state index is 0.725. The number of nitrogens with one attached hydrogen (secondary N) is 1. The van der Waals surface area contributed by atoms with Crippen molar-refractivity contribution < 1.29 is 0 Å². The molecule has 2 aromatic rings. The summed E-state index contributed by atoms with van der Waals surface area (Å²) in [6.45, 7) is 4.09. The van der Waals surface area contributed by atoms with E-state index in [1.165, 1.54) is 5.56 Å². The second-order valence-corrected chi connectivity index (χ2v) is 4.32. The van der Waals surface area contributed by atoms with Gasteiger partial charge in [-0.2, -0.15) is 5.26 Å². The van der Waals surface area contributed by atoms with E-state index in [0.717, 1.165) is 28.9 Å². The van der Waals surface area contributed by atoms with Gasteiger partial charge < -0.3 is 5.32 Å². The third kappa shape index (κ3) is 2.70. The lowest BCUT2D eigenvalue weighted by Gasteiger charge is -2.09. The van der Waals surface area contributed by atoms with Crippen molar-refractivity contribution in [2.75, 3.05) is 5.32 Å². The van der Waals surface area contributed by atoms with Crippen LogP contribution in [0.1, 0.15) is 23.6 Å². The Labute approximate surface area is 108 Å². The van der Waals surface area contributed by atoms with Crippen LogP contribution in [0.25, 0.3) is 0 Å². The minimum Gasteiger partial charge on any atom is -0.356 e. The Kier molecular flexibility index (Phi) is 3.64. The third-order valence-electron chi connectivity index (χ3n) is 2.97. The molecule has 0 unspecified atom stereocenters. The molecule has 2 aromatic carbocycles. The Hall–Kier alpha value is -2.27. The topological polar surface area (TPSA) is 35.8 Å². The second kappa shape index (κ2) is 5.37. The van der Waals surface area contributed by atoms with Gasteiger partial charge in [-0.25, -0.2) is 0 Å². The first-order valence-corrected chi connectivity index (χ1v) is 6.09. The summed E-state index contributed by atoms with van der Waals surface area (Å²) in [5.74, 6) is 0. The van der Waals surface area contributed by atoms with E-state index in [-0.39, 0.29) is 0 Å². The van der Waals surface area contributed by atoms with Crippen LogP contribution < -0.4 is 5.32 Å². The maximum atomic E-state index is 8.90. The third-order valence-corrected chi connectivity index (χ3v) is 2.97. The van der Waals surface area contributed by atoms with Gasteiger partial charge in [0.25, 0.3) is 0 Å². The van der Waals surface area contributed by atoms with Crippen LogP contribution in [0.5, 0.6) is 0 Å². The molecule has 1 N–H and O–H groups in total. The lowest BCUT2D eigenvalue weighted by molar-refractivity contribution is 1.14. The van der Waals surface area contributed by atoms with E-state index in [4.69, 9.17) is 5.26 Å². The Morgan fingerprint density at radius 2 is 1.89 bits per heavy atom. The summed E-state index contributed by atoms with van der Waals surface area (Å²) in [5.41, 5.74) is 5.13. The van der Waals surface area contributed by atoms with Crippen LogP contribution >= 0.6 is 0 Å². The molecule has 0 aliphatic rings.